The monoisotopic (exact) mass is 523 g/mol. The van der Waals surface area contributed by atoms with Crippen molar-refractivity contribution in [3.63, 3.8) is 0 Å². The van der Waals surface area contributed by atoms with Gasteiger partial charge in [0.1, 0.15) is 17.5 Å². The highest BCUT2D eigenvalue weighted by molar-refractivity contribution is 7.90. The molecule has 1 atom stereocenters. The van der Waals surface area contributed by atoms with Crippen molar-refractivity contribution < 1.29 is 17.6 Å². The average Bonchev–Trinajstić information content (AvgIpc) is 3.14. The Balaban J connectivity index is 1.38. The zero-order chi connectivity index (χ0) is 26.4. The van der Waals surface area contributed by atoms with Gasteiger partial charge >= 0.3 is 0 Å². The van der Waals surface area contributed by atoms with Crippen molar-refractivity contribution in [2.45, 2.75) is 50.7 Å². The lowest BCUT2D eigenvalue weighted by molar-refractivity contribution is 0.0981. The number of sulfonamides is 1. The summed E-state index contributed by atoms with van der Waals surface area (Å²) in [7, 11) is -4.26. The Kier molecular flexibility index (Phi) is 6.39. The highest BCUT2D eigenvalue weighted by Crippen LogP contribution is 2.37. The molecular formula is C27H30FN5O3S. The molecular weight excluding hydrogens is 493 g/mol. The van der Waals surface area contributed by atoms with Gasteiger partial charge in [-0.3, -0.25) is 4.79 Å². The maximum Gasteiger partial charge on any atom is 0.281 e. The van der Waals surface area contributed by atoms with Crippen LogP contribution in [-0.2, 0) is 23.0 Å². The van der Waals surface area contributed by atoms with Crippen molar-refractivity contribution in [1.29, 1.82) is 0 Å². The van der Waals surface area contributed by atoms with Gasteiger partial charge in [0.25, 0.3) is 15.9 Å². The molecule has 1 amide bonds. The second kappa shape index (κ2) is 9.41. The van der Waals surface area contributed by atoms with Crippen LogP contribution in [0.1, 0.15) is 48.7 Å². The summed E-state index contributed by atoms with van der Waals surface area (Å²) < 4.78 is 42.3. The molecule has 8 nitrogen and oxygen atoms in total. The molecule has 5 rings (SSSR count). The van der Waals surface area contributed by atoms with Crippen molar-refractivity contribution in [3.8, 4) is 0 Å². The van der Waals surface area contributed by atoms with Gasteiger partial charge in [0.15, 0.2) is 5.03 Å². The SMILES string of the molecule is CC1CN(c2ncccc2C(=O)NS(=O)(=O)c2cccc(N3CCc4ccc(F)cc4C3)n2)C(C)(C)C1. The zero-order valence-corrected chi connectivity index (χ0v) is 21.9. The number of hydrogen-bond donors (Lipinski definition) is 1. The number of anilines is 2. The first kappa shape index (κ1) is 25.1. The van der Waals surface area contributed by atoms with Gasteiger partial charge in [0, 0.05) is 31.4 Å². The fourth-order valence-corrected chi connectivity index (χ4v) is 6.36. The van der Waals surface area contributed by atoms with Crippen molar-refractivity contribution in [2.24, 2.45) is 5.92 Å². The van der Waals surface area contributed by atoms with Crippen LogP contribution in [0.2, 0.25) is 0 Å². The van der Waals surface area contributed by atoms with Crippen LogP contribution in [0.25, 0.3) is 0 Å². The lowest BCUT2D eigenvalue weighted by Gasteiger charge is -2.33. The maximum atomic E-state index is 13.7. The second-order valence-corrected chi connectivity index (χ2v) is 12.1. The third-order valence-corrected chi connectivity index (χ3v) is 8.31. The number of aromatic nitrogens is 2. The fourth-order valence-electron chi connectivity index (χ4n) is 5.43. The van der Waals surface area contributed by atoms with Gasteiger partial charge in [-0.25, -0.2) is 19.1 Å². The highest BCUT2D eigenvalue weighted by atomic mass is 32.2. The number of amides is 1. The van der Waals surface area contributed by atoms with Crippen LogP contribution < -0.4 is 14.5 Å². The maximum absolute atomic E-state index is 13.7. The average molecular weight is 524 g/mol. The molecule has 2 aromatic heterocycles. The Morgan fingerprint density at radius 3 is 2.70 bits per heavy atom. The lowest BCUT2D eigenvalue weighted by atomic mass is 9.97. The van der Waals surface area contributed by atoms with E-state index >= 15 is 0 Å². The molecule has 2 aliphatic rings. The number of carbonyl (C=O) groups is 1. The molecule has 1 fully saturated rings. The van der Waals surface area contributed by atoms with E-state index in [1.165, 1.54) is 18.2 Å². The van der Waals surface area contributed by atoms with Crippen molar-refractivity contribution in [2.75, 3.05) is 22.9 Å². The summed E-state index contributed by atoms with van der Waals surface area (Å²) in [6.07, 6.45) is 3.24. The normalized spacial score (nSPS) is 19.0. The van der Waals surface area contributed by atoms with Crippen molar-refractivity contribution in [1.82, 2.24) is 14.7 Å². The van der Waals surface area contributed by atoms with Gasteiger partial charge in [-0.2, -0.15) is 8.42 Å². The Hall–Kier alpha value is -3.53. The molecule has 37 heavy (non-hydrogen) atoms. The molecule has 10 heteroatoms. The molecule has 4 heterocycles. The van der Waals surface area contributed by atoms with Gasteiger partial charge in [-0.05, 0) is 80.1 Å². The quantitative estimate of drug-likeness (QED) is 0.542. The molecule has 1 unspecified atom stereocenters. The van der Waals surface area contributed by atoms with E-state index in [0.29, 0.717) is 37.1 Å². The first-order valence-electron chi connectivity index (χ1n) is 12.3. The lowest BCUT2D eigenvalue weighted by Crippen LogP contribution is -2.41. The van der Waals surface area contributed by atoms with Gasteiger partial charge in [-0.1, -0.05) is 19.1 Å². The Bertz CT molecular complexity index is 1460. The molecule has 3 aromatic rings. The molecule has 1 saturated heterocycles. The van der Waals surface area contributed by atoms with E-state index in [4.69, 9.17) is 0 Å². The van der Waals surface area contributed by atoms with Crippen LogP contribution in [0.5, 0.6) is 0 Å². The molecule has 0 saturated carbocycles. The van der Waals surface area contributed by atoms with Gasteiger partial charge in [0.05, 0.1) is 5.56 Å². The van der Waals surface area contributed by atoms with E-state index in [9.17, 15) is 17.6 Å². The smallest absolute Gasteiger partial charge is 0.281 e. The van der Waals surface area contributed by atoms with Crippen LogP contribution in [0.4, 0.5) is 16.0 Å². The molecule has 1 aromatic carbocycles. The number of nitrogens with one attached hydrogen (secondary N) is 1. The number of pyridine rings is 2. The summed E-state index contributed by atoms with van der Waals surface area (Å²) >= 11 is 0. The number of rotatable bonds is 5. The zero-order valence-electron chi connectivity index (χ0n) is 21.1. The standard InChI is InChI=1S/C27H30FN5O3S/c1-18-15-27(2,3)33(16-18)25-22(6-5-12-29-25)26(34)31-37(35,36)24-8-4-7-23(30-24)32-13-11-19-9-10-21(28)14-20(19)17-32/h4-10,12,14,18H,11,13,15-17H2,1-3H3,(H,31,34). The predicted octanol–water partition coefficient (Wildman–Crippen LogP) is 3.92. The molecule has 1 N–H and O–H groups in total. The third-order valence-electron chi connectivity index (χ3n) is 7.08. The van der Waals surface area contributed by atoms with E-state index in [2.05, 4.69) is 40.4 Å². The molecule has 0 spiro atoms. The summed E-state index contributed by atoms with van der Waals surface area (Å²) in [4.78, 5) is 26.0. The molecule has 0 aliphatic carbocycles. The Morgan fingerprint density at radius 2 is 1.95 bits per heavy atom. The highest BCUT2D eigenvalue weighted by Gasteiger charge is 2.39. The van der Waals surface area contributed by atoms with Crippen LogP contribution in [-0.4, -0.2) is 42.9 Å². The van der Waals surface area contributed by atoms with Crippen molar-refractivity contribution >= 4 is 27.6 Å². The summed E-state index contributed by atoms with van der Waals surface area (Å²) in [5, 5.41) is -0.260. The van der Waals surface area contributed by atoms with Crippen LogP contribution in [0.3, 0.4) is 0 Å². The minimum Gasteiger partial charge on any atom is -0.352 e. The number of carbonyl (C=O) groups excluding carboxylic acids is 1. The van der Waals surface area contributed by atoms with Crippen LogP contribution in [0, 0.1) is 11.7 Å². The number of benzene rings is 1. The van der Waals surface area contributed by atoms with E-state index in [1.807, 2.05) is 4.90 Å². The summed E-state index contributed by atoms with van der Waals surface area (Å²) in [5.74, 6) is 0.259. The number of hydrogen-bond acceptors (Lipinski definition) is 7. The van der Waals surface area contributed by atoms with Gasteiger partial charge in [-0.15, -0.1) is 0 Å². The van der Waals surface area contributed by atoms with Gasteiger partial charge < -0.3 is 9.80 Å². The third kappa shape index (κ3) is 5.02. The largest absolute Gasteiger partial charge is 0.352 e. The summed E-state index contributed by atoms with van der Waals surface area (Å²) in [6, 6.07) is 12.6. The molecule has 194 valence electrons. The first-order valence-corrected chi connectivity index (χ1v) is 13.8. The number of fused-ring (bicyclic) bond motifs is 1. The van der Waals surface area contributed by atoms with Crippen molar-refractivity contribution in [3.05, 3.63) is 77.2 Å². The topological polar surface area (TPSA) is 95.5 Å². The fraction of sp³-hybridized carbons (Fsp3) is 0.370. The van der Waals surface area contributed by atoms with E-state index in [-0.39, 0.29) is 21.9 Å². The van der Waals surface area contributed by atoms with Crippen LogP contribution in [0.15, 0.2) is 59.8 Å². The summed E-state index contributed by atoms with van der Waals surface area (Å²) in [6.45, 7) is 8.08. The number of nitrogens with zero attached hydrogens (tertiary/aromatic N) is 4. The Labute approximate surface area is 216 Å². The van der Waals surface area contributed by atoms with Crippen LogP contribution >= 0.6 is 0 Å². The van der Waals surface area contributed by atoms with E-state index in [1.54, 1.807) is 36.5 Å². The minimum atomic E-state index is -4.26. The van der Waals surface area contributed by atoms with E-state index < -0.39 is 15.9 Å². The van der Waals surface area contributed by atoms with Gasteiger partial charge in [0.2, 0.25) is 0 Å². The molecule has 0 radical (unpaired) electrons. The minimum absolute atomic E-state index is 0.194. The van der Waals surface area contributed by atoms with E-state index in [0.717, 1.165) is 24.1 Å². The number of halogens is 1. The predicted molar refractivity (Wildman–Crippen MR) is 139 cm³/mol. The Morgan fingerprint density at radius 1 is 1.14 bits per heavy atom. The summed E-state index contributed by atoms with van der Waals surface area (Å²) in [5.41, 5.74) is 1.89. The first-order chi connectivity index (χ1) is 17.5. The molecule has 2 aliphatic heterocycles. The second-order valence-electron chi connectivity index (χ2n) is 10.5. The molecule has 0 bridgehead atoms.